The fraction of sp³-hybridized carbons (Fsp3) is 0.400. The molecule has 29 heavy (non-hydrogen) atoms. The Bertz CT molecular complexity index is 968. The number of nitro benzene ring substituents is 1. The SMILES string of the molecule is Cc1ccc(CS(=O)(=O)c2ccc(N3CCN(CCO)CC3)c([N+](=O)[O-])c2)cc1. The van der Waals surface area contributed by atoms with Crippen molar-refractivity contribution in [2.45, 2.75) is 17.6 Å². The number of sulfone groups is 1. The molecule has 8 nitrogen and oxygen atoms in total. The fourth-order valence-corrected chi connectivity index (χ4v) is 4.82. The molecule has 0 atom stereocenters. The van der Waals surface area contributed by atoms with Gasteiger partial charge in [0.2, 0.25) is 0 Å². The molecular weight excluding hydrogens is 394 g/mol. The van der Waals surface area contributed by atoms with Crippen LogP contribution in [0, 0.1) is 17.0 Å². The summed E-state index contributed by atoms with van der Waals surface area (Å²) in [6.45, 7) is 5.10. The lowest BCUT2D eigenvalue weighted by Crippen LogP contribution is -2.47. The summed E-state index contributed by atoms with van der Waals surface area (Å²) in [5.41, 5.74) is 1.89. The smallest absolute Gasteiger partial charge is 0.293 e. The quantitative estimate of drug-likeness (QED) is 0.541. The molecule has 0 spiro atoms. The van der Waals surface area contributed by atoms with E-state index in [1.807, 2.05) is 24.0 Å². The number of aryl methyl sites for hydroxylation is 1. The van der Waals surface area contributed by atoms with Crippen LogP contribution in [0.3, 0.4) is 0 Å². The fourth-order valence-electron chi connectivity index (χ4n) is 3.45. The Balaban J connectivity index is 1.84. The van der Waals surface area contributed by atoms with E-state index in [0.29, 0.717) is 44.0 Å². The Labute approximate surface area is 170 Å². The number of nitro groups is 1. The molecule has 9 heteroatoms. The van der Waals surface area contributed by atoms with E-state index in [1.54, 1.807) is 12.1 Å². The summed E-state index contributed by atoms with van der Waals surface area (Å²) in [6, 6.07) is 11.3. The highest BCUT2D eigenvalue weighted by molar-refractivity contribution is 7.90. The number of anilines is 1. The summed E-state index contributed by atoms with van der Waals surface area (Å²) in [5, 5.41) is 20.7. The van der Waals surface area contributed by atoms with Gasteiger partial charge in [-0.05, 0) is 24.6 Å². The van der Waals surface area contributed by atoms with Crippen LogP contribution in [0.5, 0.6) is 0 Å². The van der Waals surface area contributed by atoms with Crippen LogP contribution in [0.2, 0.25) is 0 Å². The number of hydrogen-bond acceptors (Lipinski definition) is 7. The highest BCUT2D eigenvalue weighted by Gasteiger charge is 2.26. The van der Waals surface area contributed by atoms with Crippen molar-refractivity contribution in [3.8, 4) is 0 Å². The molecule has 0 bridgehead atoms. The molecule has 0 unspecified atom stereocenters. The first-order chi connectivity index (χ1) is 13.8. The summed E-state index contributed by atoms with van der Waals surface area (Å²) in [4.78, 5) is 15.0. The summed E-state index contributed by atoms with van der Waals surface area (Å²) in [6.07, 6.45) is 0. The molecule has 1 aliphatic heterocycles. The summed E-state index contributed by atoms with van der Waals surface area (Å²) >= 11 is 0. The van der Waals surface area contributed by atoms with Crippen LogP contribution in [-0.4, -0.2) is 62.7 Å². The first kappa shape index (κ1) is 21.2. The number of aliphatic hydroxyl groups excluding tert-OH is 1. The highest BCUT2D eigenvalue weighted by atomic mass is 32.2. The third-order valence-electron chi connectivity index (χ3n) is 5.11. The van der Waals surface area contributed by atoms with E-state index in [4.69, 9.17) is 5.11 Å². The minimum absolute atomic E-state index is 0.0487. The second-order valence-electron chi connectivity index (χ2n) is 7.20. The Kier molecular flexibility index (Phi) is 6.51. The molecule has 0 aromatic heterocycles. The lowest BCUT2D eigenvalue weighted by atomic mass is 10.2. The highest BCUT2D eigenvalue weighted by Crippen LogP contribution is 2.32. The van der Waals surface area contributed by atoms with Crippen LogP contribution in [-0.2, 0) is 15.6 Å². The average molecular weight is 420 g/mol. The van der Waals surface area contributed by atoms with Crippen molar-refractivity contribution in [2.75, 3.05) is 44.2 Å². The van der Waals surface area contributed by atoms with Crippen molar-refractivity contribution in [1.82, 2.24) is 4.90 Å². The van der Waals surface area contributed by atoms with Crippen molar-refractivity contribution >= 4 is 21.2 Å². The van der Waals surface area contributed by atoms with E-state index in [-0.39, 0.29) is 22.9 Å². The van der Waals surface area contributed by atoms with Gasteiger partial charge >= 0.3 is 0 Å². The second-order valence-corrected chi connectivity index (χ2v) is 9.19. The number of aliphatic hydroxyl groups is 1. The van der Waals surface area contributed by atoms with Gasteiger partial charge in [0.1, 0.15) is 5.69 Å². The van der Waals surface area contributed by atoms with Gasteiger partial charge in [-0.3, -0.25) is 15.0 Å². The molecule has 0 radical (unpaired) electrons. The van der Waals surface area contributed by atoms with Crippen molar-refractivity contribution in [3.05, 3.63) is 63.7 Å². The van der Waals surface area contributed by atoms with Crippen LogP contribution in [0.25, 0.3) is 0 Å². The molecule has 1 heterocycles. The largest absolute Gasteiger partial charge is 0.395 e. The molecular formula is C20H25N3O5S. The zero-order valence-electron chi connectivity index (χ0n) is 16.3. The lowest BCUT2D eigenvalue weighted by Gasteiger charge is -2.35. The van der Waals surface area contributed by atoms with E-state index in [0.717, 1.165) is 5.56 Å². The van der Waals surface area contributed by atoms with E-state index in [2.05, 4.69) is 4.90 Å². The molecule has 3 rings (SSSR count). The number of benzene rings is 2. The maximum atomic E-state index is 12.8. The van der Waals surface area contributed by atoms with E-state index >= 15 is 0 Å². The third kappa shape index (κ3) is 5.11. The monoisotopic (exact) mass is 419 g/mol. The molecule has 1 saturated heterocycles. The van der Waals surface area contributed by atoms with Crippen molar-refractivity contribution in [3.63, 3.8) is 0 Å². The normalized spacial score (nSPS) is 15.4. The summed E-state index contributed by atoms with van der Waals surface area (Å²) < 4.78 is 25.6. The average Bonchev–Trinajstić information content (AvgIpc) is 2.70. The molecule has 2 aromatic rings. The number of hydrogen-bond donors (Lipinski definition) is 1. The number of piperazine rings is 1. The van der Waals surface area contributed by atoms with Gasteiger partial charge in [-0.1, -0.05) is 29.8 Å². The maximum Gasteiger partial charge on any atom is 0.293 e. The van der Waals surface area contributed by atoms with Crippen LogP contribution >= 0.6 is 0 Å². The van der Waals surface area contributed by atoms with Gasteiger partial charge in [-0.2, -0.15) is 0 Å². The van der Waals surface area contributed by atoms with E-state index < -0.39 is 14.8 Å². The molecule has 1 fully saturated rings. The third-order valence-corrected chi connectivity index (χ3v) is 6.79. The van der Waals surface area contributed by atoms with Gasteiger partial charge < -0.3 is 10.0 Å². The standard InChI is InChI=1S/C20H25N3O5S/c1-16-2-4-17(5-3-16)15-29(27,28)18-6-7-19(20(14-18)23(25)26)22-10-8-21(9-11-22)12-13-24/h2-7,14,24H,8-13,15H2,1H3. The predicted octanol–water partition coefficient (Wildman–Crippen LogP) is 1.99. The van der Waals surface area contributed by atoms with Gasteiger partial charge in [0.25, 0.3) is 5.69 Å². The van der Waals surface area contributed by atoms with Crippen LogP contribution in [0.1, 0.15) is 11.1 Å². The van der Waals surface area contributed by atoms with Crippen molar-refractivity contribution < 1.29 is 18.4 Å². The van der Waals surface area contributed by atoms with Gasteiger partial charge in [-0.25, -0.2) is 8.42 Å². The topological polar surface area (TPSA) is 104 Å². The minimum atomic E-state index is -3.70. The Morgan fingerprint density at radius 2 is 1.72 bits per heavy atom. The first-order valence-corrected chi connectivity index (χ1v) is 11.1. The molecule has 1 N–H and O–H groups in total. The second kappa shape index (κ2) is 8.89. The molecule has 156 valence electrons. The molecule has 0 amide bonds. The maximum absolute atomic E-state index is 12.8. The number of nitrogens with zero attached hydrogens (tertiary/aromatic N) is 3. The van der Waals surface area contributed by atoms with Crippen LogP contribution in [0.4, 0.5) is 11.4 Å². The molecule has 0 aliphatic carbocycles. The van der Waals surface area contributed by atoms with Gasteiger partial charge in [0.15, 0.2) is 9.84 Å². The zero-order valence-corrected chi connectivity index (χ0v) is 17.1. The van der Waals surface area contributed by atoms with E-state index in [9.17, 15) is 18.5 Å². The minimum Gasteiger partial charge on any atom is -0.395 e. The number of rotatable bonds is 7. The van der Waals surface area contributed by atoms with Crippen LogP contribution in [0.15, 0.2) is 47.4 Å². The predicted molar refractivity (Wildman–Crippen MR) is 111 cm³/mol. The Morgan fingerprint density at radius 3 is 2.31 bits per heavy atom. The van der Waals surface area contributed by atoms with Gasteiger partial charge in [-0.15, -0.1) is 0 Å². The zero-order chi connectivity index (χ0) is 21.0. The van der Waals surface area contributed by atoms with Crippen molar-refractivity contribution in [2.24, 2.45) is 0 Å². The molecule has 1 aliphatic rings. The molecule has 2 aromatic carbocycles. The summed E-state index contributed by atoms with van der Waals surface area (Å²) in [5.74, 6) is -0.205. The van der Waals surface area contributed by atoms with Gasteiger partial charge in [0, 0.05) is 38.8 Å². The summed E-state index contributed by atoms with van der Waals surface area (Å²) in [7, 11) is -3.70. The first-order valence-electron chi connectivity index (χ1n) is 9.45. The Hall–Kier alpha value is -2.49. The van der Waals surface area contributed by atoms with Gasteiger partial charge in [0.05, 0.1) is 22.2 Å². The number of β-amino-alcohol motifs (C(OH)–C–C–N with tert-alkyl or cyclic N) is 1. The van der Waals surface area contributed by atoms with Crippen LogP contribution < -0.4 is 4.90 Å². The lowest BCUT2D eigenvalue weighted by molar-refractivity contribution is -0.384. The molecule has 0 saturated carbocycles. The van der Waals surface area contributed by atoms with Crippen molar-refractivity contribution in [1.29, 1.82) is 0 Å². The Morgan fingerprint density at radius 1 is 1.07 bits per heavy atom. The van der Waals surface area contributed by atoms with E-state index in [1.165, 1.54) is 18.2 Å².